The molecule has 0 spiro atoms. The molecule has 10 heavy (non-hydrogen) atoms. The molecule has 3 nitrogen and oxygen atoms in total. The van der Waals surface area contributed by atoms with Crippen molar-refractivity contribution in [2.24, 2.45) is 0 Å². The summed E-state index contributed by atoms with van der Waals surface area (Å²) >= 11 is 4.11. The first-order valence-corrected chi connectivity index (χ1v) is 3.94. The Kier molecular flexibility index (Phi) is 6.53. The number of rotatable bonds is 5. The van der Waals surface area contributed by atoms with Gasteiger partial charge in [-0.3, -0.25) is 0 Å². The van der Waals surface area contributed by atoms with Crippen molar-refractivity contribution < 1.29 is 0 Å². The molecule has 0 aromatic heterocycles. The van der Waals surface area contributed by atoms with E-state index in [9.17, 15) is 0 Å². The normalized spacial score (nSPS) is 11.3. The second-order valence-electron chi connectivity index (χ2n) is 1.76. The van der Waals surface area contributed by atoms with Crippen LogP contribution in [-0.2, 0) is 0 Å². The zero-order valence-corrected chi connectivity index (χ0v) is 7.33. The summed E-state index contributed by atoms with van der Waals surface area (Å²) in [7, 11) is 1.82. The number of thiol groups is 1. The fraction of sp³-hybridized carbons (Fsp3) is 0.667. The molecule has 0 aromatic rings. The van der Waals surface area contributed by atoms with Crippen LogP contribution in [0.15, 0.2) is 11.9 Å². The Balaban J connectivity index is 3.55. The third-order valence-corrected chi connectivity index (χ3v) is 1.28. The van der Waals surface area contributed by atoms with Gasteiger partial charge in [0.05, 0.1) is 5.70 Å². The van der Waals surface area contributed by atoms with E-state index in [4.69, 9.17) is 0 Å². The van der Waals surface area contributed by atoms with Crippen molar-refractivity contribution in [3.05, 3.63) is 11.9 Å². The fourth-order valence-electron chi connectivity index (χ4n) is 0.507. The molecule has 0 radical (unpaired) electrons. The lowest BCUT2D eigenvalue weighted by molar-refractivity contribution is 0.683. The number of hydrogen-bond acceptors (Lipinski definition) is 4. The van der Waals surface area contributed by atoms with Crippen molar-refractivity contribution in [1.82, 2.24) is 16.2 Å². The van der Waals surface area contributed by atoms with Crippen molar-refractivity contribution in [3.63, 3.8) is 0 Å². The van der Waals surface area contributed by atoms with Gasteiger partial charge < -0.3 is 10.7 Å². The van der Waals surface area contributed by atoms with Crippen LogP contribution in [0.25, 0.3) is 0 Å². The van der Waals surface area contributed by atoms with E-state index in [1.165, 1.54) is 0 Å². The third-order valence-electron chi connectivity index (χ3n) is 0.936. The molecule has 0 rings (SSSR count). The van der Waals surface area contributed by atoms with Crippen molar-refractivity contribution in [2.75, 3.05) is 19.3 Å². The minimum Gasteiger partial charge on any atom is -0.390 e. The summed E-state index contributed by atoms with van der Waals surface area (Å²) in [5.74, 6) is 0.702. The van der Waals surface area contributed by atoms with Gasteiger partial charge in [-0.05, 0) is 6.92 Å². The highest BCUT2D eigenvalue weighted by Crippen LogP contribution is 1.87. The topological polar surface area (TPSA) is 36.1 Å². The molecule has 0 aliphatic heterocycles. The largest absolute Gasteiger partial charge is 0.390 e. The van der Waals surface area contributed by atoms with Crippen LogP contribution in [0.1, 0.15) is 6.92 Å². The van der Waals surface area contributed by atoms with Crippen molar-refractivity contribution in [1.29, 1.82) is 0 Å². The molecule has 0 saturated heterocycles. The van der Waals surface area contributed by atoms with E-state index < -0.39 is 0 Å². The molecule has 0 bridgehead atoms. The molecule has 0 heterocycles. The molecule has 0 atom stereocenters. The number of hydrogen-bond donors (Lipinski definition) is 4. The Hall–Kier alpha value is -0.350. The molecule has 0 saturated carbocycles. The Morgan fingerprint density at radius 2 is 2.30 bits per heavy atom. The molecule has 0 amide bonds. The van der Waals surface area contributed by atoms with Crippen LogP contribution in [0.3, 0.4) is 0 Å². The van der Waals surface area contributed by atoms with Crippen molar-refractivity contribution >= 4 is 12.6 Å². The molecule has 60 valence electrons. The van der Waals surface area contributed by atoms with Crippen LogP contribution >= 0.6 is 12.6 Å². The molecule has 0 unspecified atom stereocenters. The molecular weight excluding hydrogens is 146 g/mol. The molecule has 0 aromatic carbocycles. The van der Waals surface area contributed by atoms with Gasteiger partial charge >= 0.3 is 0 Å². The Morgan fingerprint density at radius 3 is 2.70 bits per heavy atom. The van der Waals surface area contributed by atoms with Gasteiger partial charge in [-0.25, -0.2) is 5.43 Å². The van der Waals surface area contributed by atoms with Crippen LogP contribution in [-0.4, -0.2) is 19.3 Å². The average Bonchev–Trinajstić information content (AvgIpc) is 1.98. The smallest absolute Gasteiger partial charge is 0.0514 e. The van der Waals surface area contributed by atoms with E-state index in [1.807, 2.05) is 20.2 Å². The van der Waals surface area contributed by atoms with E-state index in [1.54, 1.807) is 0 Å². The molecular formula is C6H15N3S. The van der Waals surface area contributed by atoms with Crippen LogP contribution in [0, 0.1) is 0 Å². The SMILES string of the molecule is CCN/C=C(/CS)NNC. The number of hydrazine groups is 1. The van der Waals surface area contributed by atoms with Crippen molar-refractivity contribution in [2.45, 2.75) is 6.92 Å². The maximum atomic E-state index is 4.11. The average molecular weight is 161 g/mol. The highest BCUT2D eigenvalue weighted by Gasteiger charge is 1.87. The standard InChI is InChI=1S/C6H15N3S/c1-3-8-4-6(5-10)9-7-2/h4,7-10H,3,5H2,1-2H3/b6-4-. The zero-order chi connectivity index (χ0) is 7.82. The highest BCUT2D eigenvalue weighted by molar-refractivity contribution is 7.80. The van der Waals surface area contributed by atoms with Crippen molar-refractivity contribution in [3.8, 4) is 0 Å². The van der Waals surface area contributed by atoms with Gasteiger partial charge in [0.2, 0.25) is 0 Å². The zero-order valence-electron chi connectivity index (χ0n) is 6.44. The Labute approximate surface area is 67.6 Å². The summed E-state index contributed by atoms with van der Waals surface area (Å²) in [4.78, 5) is 0. The first-order valence-electron chi connectivity index (χ1n) is 3.31. The molecule has 3 N–H and O–H groups in total. The lowest BCUT2D eigenvalue weighted by Crippen LogP contribution is -2.28. The summed E-state index contributed by atoms with van der Waals surface area (Å²) in [6.45, 7) is 2.98. The summed E-state index contributed by atoms with van der Waals surface area (Å²) < 4.78 is 0. The van der Waals surface area contributed by atoms with Crippen LogP contribution < -0.4 is 16.2 Å². The van der Waals surface area contributed by atoms with E-state index in [-0.39, 0.29) is 0 Å². The van der Waals surface area contributed by atoms with Crippen LogP contribution in [0.5, 0.6) is 0 Å². The van der Waals surface area contributed by atoms with Gasteiger partial charge in [0.1, 0.15) is 0 Å². The molecule has 0 aliphatic carbocycles. The minimum absolute atomic E-state index is 0.702. The first kappa shape index (κ1) is 9.65. The summed E-state index contributed by atoms with van der Waals surface area (Å²) in [5, 5.41) is 3.07. The molecule has 0 fully saturated rings. The summed E-state index contributed by atoms with van der Waals surface area (Å²) in [6, 6.07) is 0. The second kappa shape index (κ2) is 6.77. The quantitative estimate of drug-likeness (QED) is 0.341. The van der Waals surface area contributed by atoms with Crippen LogP contribution in [0.2, 0.25) is 0 Å². The second-order valence-corrected chi connectivity index (χ2v) is 2.08. The third kappa shape index (κ3) is 4.52. The van der Waals surface area contributed by atoms with E-state index in [2.05, 4.69) is 28.8 Å². The van der Waals surface area contributed by atoms with Gasteiger partial charge in [-0.15, -0.1) is 0 Å². The van der Waals surface area contributed by atoms with Gasteiger partial charge in [0, 0.05) is 25.5 Å². The molecule has 4 heteroatoms. The Bertz CT molecular complexity index is 103. The van der Waals surface area contributed by atoms with E-state index >= 15 is 0 Å². The monoisotopic (exact) mass is 161 g/mol. The summed E-state index contributed by atoms with van der Waals surface area (Å²) in [5.41, 5.74) is 6.79. The molecule has 0 aliphatic rings. The maximum Gasteiger partial charge on any atom is 0.0514 e. The maximum absolute atomic E-state index is 4.11. The summed E-state index contributed by atoms with van der Waals surface area (Å²) in [6.07, 6.45) is 1.91. The van der Waals surface area contributed by atoms with Gasteiger partial charge in [0.25, 0.3) is 0 Å². The van der Waals surface area contributed by atoms with Crippen LogP contribution in [0.4, 0.5) is 0 Å². The van der Waals surface area contributed by atoms with E-state index in [0.717, 1.165) is 12.2 Å². The lowest BCUT2D eigenvalue weighted by atomic mass is 10.5. The Morgan fingerprint density at radius 1 is 1.60 bits per heavy atom. The van der Waals surface area contributed by atoms with E-state index in [0.29, 0.717) is 5.75 Å². The lowest BCUT2D eigenvalue weighted by Gasteiger charge is -2.06. The fourth-order valence-corrected chi connectivity index (χ4v) is 0.677. The predicted molar refractivity (Wildman–Crippen MR) is 47.8 cm³/mol. The minimum atomic E-state index is 0.702. The van der Waals surface area contributed by atoms with Gasteiger partial charge in [0.15, 0.2) is 0 Å². The highest BCUT2D eigenvalue weighted by atomic mass is 32.1. The number of nitrogens with one attached hydrogen (secondary N) is 3. The first-order chi connectivity index (χ1) is 4.85. The predicted octanol–water partition coefficient (Wildman–Crippen LogP) is 0.0911. The van der Waals surface area contributed by atoms with Gasteiger partial charge in [-0.1, -0.05) is 0 Å². The van der Waals surface area contributed by atoms with Gasteiger partial charge in [-0.2, -0.15) is 12.6 Å².